The second kappa shape index (κ2) is 6.70. The molecule has 0 saturated carbocycles. The normalized spacial score (nSPS) is 20.0. The van der Waals surface area contributed by atoms with Crippen molar-refractivity contribution in [3.63, 3.8) is 0 Å². The van der Waals surface area contributed by atoms with Gasteiger partial charge in [-0.15, -0.1) is 11.3 Å². The van der Waals surface area contributed by atoms with Crippen LogP contribution in [0.3, 0.4) is 0 Å². The zero-order valence-corrected chi connectivity index (χ0v) is 14.1. The van der Waals surface area contributed by atoms with Gasteiger partial charge in [0.05, 0.1) is 24.3 Å². The average molecular weight is 346 g/mol. The molecule has 1 aromatic carbocycles. The van der Waals surface area contributed by atoms with E-state index in [4.69, 9.17) is 9.84 Å². The van der Waals surface area contributed by atoms with Gasteiger partial charge in [0.1, 0.15) is 9.88 Å². The topological polar surface area (TPSA) is 88.5 Å². The first-order valence-corrected chi connectivity index (χ1v) is 8.46. The number of aryl methyl sites for hydroxylation is 1. The lowest BCUT2D eigenvalue weighted by Crippen LogP contribution is -2.50. The number of carbonyl (C=O) groups excluding carboxylic acids is 1. The highest BCUT2D eigenvalue weighted by atomic mass is 32.1. The molecule has 126 valence electrons. The molecule has 1 aromatic heterocycles. The summed E-state index contributed by atoms with van der Waals surface area (Å²) in [5.74, 6) is -1.24. The van der Waals surface area contributed by atoms with Crippen LogP contribution in [0.1, 0.15) is 28.2 Å². The van der Waals surface area contributed by atoms with Crippen molar-refractivity contribution in [3.8, 4) is 10.6 Å². The van der Waals surface area contributed by atoms with E-state index in [-0.39, 0.29) is 18.9 Å². The molecule has 0 aliphatic carbocycles. The number of carboxylic acid groups (broad SMARTS) is 1. The number of rotatable bonds is 5. The van der Waals surface area contributed by atoms with Gasteiger partial charge >= 0.3 is 5.97 Å². The van der Waals surface area contributed by atoms with E-state index in [0.29, 0.717) is 23.6 Å². The summed E-state index contributed by atoms with van der Waals surface area (Å²) in [6.45, 7) is 2.45. The number of hydrogen-bond acceptors (Lipinski definition) is 5. The van der Waals surface area contributed by atoms with Crippen LogP contribution in [0.2, 0.25) is 0 Å². The van der Waals surface area contributed by atoms with Crippen molar-refractivity contribution in [1.82, 2.24) is 10.3 Å². The molecule has 24 heavy (non-hydrogen) atoms. The van der Waals surface area contributed by atoms with Gasteiger partial charge in [-0.2, -0.15) is 0 Å². The third-order valence-corrected chi connectivity index (χ3v) is 5.20. The minimum atomic E-state index is -0.952. The van der Waals surface area contributed by atoms with E-state index < -0.39 is 11.5 Å². The van der Waals surface area contributed by atoms with Gasteiger partial charge in [0, 0.05) is 12.2 Å². The largest absolute Gasteiger partial charge is 0.481 e. The molecule has 1 fully saturated rings. The van der Waals surface area contributed by atoms with Gasteiger partial charge in [-0.1, -0.05) is 30.3 Å². The maximum absolute atomic E-state index is 12.7. The Balaban J connectivity index is 1.82. The lowest BCUT2D eigenvalue weighted by molar-refractivity contribution is -0.138. The van der Waals surface area contributed by atoms with Gasteiger partial charge in [-0.05, 0) is 13.3 Å². The fourth-order valence-corrected chi connectivity index (χ4v) is 3.75. The highest BCUT2D eigenvalue weighted by Crippen LogP contribution is 2.29. The molecule has 1 unspecified atom stereocenters. The van der Waals surface area contributed by atoms with Crippen molar-refractivity contribution in [2.24, 2.45) is 0 Å². The number of nitrogens with one attached hydrogen (secondary N) is 1. The fraction of sp³-hybridized carbons (Fsp3) is 0.353. The van der Waals surface area contributed by atoms with E-state index in [1.165, 1.54) is 11.3 Å². The quantitative estimate of drug-likeness (QED) is 0.868. The van der Waals surface area contributed by atoms with Crippen molar-refractivity contribution < 1.29 is 19.4 Å². The summed E-state index contributed by atoms with van der Waals surface area (Å²) in [5.41, 5.74) is 0.751. The van der Waals surface area contributed by atoms with E-state index in [1.807, 2.05) is 30.3 Å². The second-order valence-electron chi connectivity index (χ2n) is 5.91. The molecule has 7 heteroatoms. The molecule has 1 atom stereocenters. The summed E-state index contributed by atoms with van der Waals surface area (Å²) < 4.78 is 5.31. The number of nitrogens with zero attached hydrogens (tertiary/aromatic N) is 1. The monoisotopic (exact) mass is 346 g/mol. The lowest BCUT2D eigenvalue weighted by atomic mass is 9.94. The Morgan fingerprint density at radius 1 is 1.38 bits per heavy atom. The van der Waals surface area contributed by atoms with Crippen molar-refractivity contribution in [2.75, 3.05) is 13.2 Å². The van der Waals surface area contributed by atoms with E-state index in [0.717, 1.165) is 10.6 Å². The number of hydrogen-bond donors (Lipinski definition) is 2. The SMILES string of the molecule is Cc1nc(-c2ccccc2)sc1C(=O)NC1(CC(=O)O)CCOC1. The van der Waals surface area contributed by atoms with Crippen molar-refractivity contribution in [2.45, 2.75) is 25.3 Å². The van der Waals surface area contributed by atoms with Crippen LogP contribution >= 0.6 is 11.3 Å². The minimum Gasteiger partial charge on any atom is -0.481 e. The Kier molecular flexibility index (Phi) is 4.64. The molecule has 2 aromatic rings. The standard InChI is InChI=1S/C17H18N2O4S/c1-11-14(24-16(18-11)12-5-3-2-4-6-12)15(22)19-17(9-13(20)21)7-8-23-10-17/h2-6H,7-10H2,1H3,(H,19,22)(H,20,21). The Hall–Kier alpha value is -2.25. The molecule has 6 nitrogen and oxygen atoms in total. The second-order valence-corrected chi connectivity index (χ2v) is 6.91. The first-order chi connectivity index (χ1) is 11.5. The van der Waals surface area contributed by atoms with Gasteiger partial charge in [0.2, 0.25) is 0 Å². The summed E-state index contributed by atoms with van der Waals surface area (Å²) in [6, 6.07) is 9.65. The molecule has 3 rings (SSSR count). The minimum absolute atomic E-state index is 0.151. The Bertz CT molecular complexity index is 751. The number of ether oxygens (including phenoxy) is 1. The smallest absolute Gasteiger partial charge is 0.305 e. The van der Waals surface area contributed by atoms with E-state index >= 15 is 0 Å². The van der Waals surface area contributed by atoms with E-state index in [1.54, 1.807) is 6.92 Å². The van der Waals surface area contributed by atoms with Crippen molar-refractivity contribution in [3.05, 3.63) is 40.9 Å². The first-order valence-electron chi connectivity index (χ1n) is 7.64. The summed E-state index contributed by atoms with van der Waals surface area (Å²) in [5, 5.41) is 12.8. The maximum Gasteiger partial charge on any atom is 0.305 e. The maximum atomic E-state index is 12.7. The zero-order valence-electron chi connectivity index (χ0n) is 13.2. The van der Waals surface area contributed by atoms with E-state index in [9.17, 15) is 9.59 Å². The van der Waals surface area contributed by atoms with Crippen molar-refractivity contribution >= 4 is 23.2 Å². The molecule has 0 bridgehead atoms. The van der Waals surface area contributed by atoms with Crippen LogP contribution in [-0.2, 0) is 9.53 Å². The number of benzene rings is 1. The molecular weight excluding hydrogens is 328 g/mol. The average Bonchev–Trinajstić information content (AvgIpc) is 3.14. The van der Waals surface area contributed by atoms with Gasteiger partial charge < -0.3 is 15.2 Å². The van der Waals surface area contributed by atoms with Crippen molar-refractivity contribution in [1.29, 1.82) is 0 Å². The fourth-order valence-electron chi connectivity index (χ4n) is 2.79. The van der Waals surface area contributed by atoms with Gasteiger partial charge in [0.15, 0.2) is 0 Å². The molecule has 2 N–H and O–H groups in total. The van der Waals surface area contributed by atoms with Gasteiger partial charge in [0.25, 0.3) is 5.91 Å². The molecule has 1 aliphatic heterocycles. The number of carboxylic acids is 1. The lowest BCUT2D eigenvalue weighted by Gasteiger charge is -2.26. The molecule has 1 saturated heterocycles. The van der Waals surface area contributed by atoms with E-state index in [2.05, 4.69) is 10.3 Å². The highest BCUT2D eigenvalue weighted by molar-refractivity contribution is 7.17. The van der Waals surface area contributed by atoms with Crippen LogP contribution in [0, 0.1) is 6.92 Å². The summed E-state index contributed by atoms with van der Waals surface area (Å²) in [7, 11) is 0. The van der Waals surface area contributed by atoms with Crippen LogP contribution in [0.5, 0.6) is 0 Å². The predicted molar refractivity (Wildman–Crippen MR) is 90.2 cm³/mol. The van der Waals surface area contributed by atoms with Crippen LogP contribution in [0.4, 0.5) is 0 Å². The third-order valence-electron chi connectivity index (χ3n) is 4.00. The summed E-state index contributed by atoms with van der Waals surface area (Å²) in [4.78, 5) is 28.8. The number of aromatic nitrogens is 1. The Morgan fingerprint density at radius 2 is 2.12 bits per heavy atom. The third kappa shape index (κ3) is 3.47. The Labute approximate surface area is 143 Å². The van der Waals surface area contributed by atoms with Crippen LogP contribution in [0.25, 0.3) is 10.6 Å². The van der Waals surface area contributed by atoms with Crippen LogP contribution in [0.15, 0.2) is 30.3 Å². The summed E-state index contributed by atoms with van der Waals surface area (Å²) in [6.07, 6.45) is 0.344. The zero-order chi connectivity index (χ0) is 17.2. The van der Waals surface area contributed by atoms with Gasteiger partial charge in [-0.3, -0.25) is 9.59 Å². The summed E-state index contributed by atoms with van der Waals surface area (Å²) >= 11 is 1.31. The molecule has 0 spiro atoms. The molecule has 1 aliphatic rings. The Morgan fingerprint density at radius 3 is 2.75 bits per heavy atom. The molecular formula is C17H18N2O4S. The molecule has 2 heterocycles. The number of amides is 1. The van der Waals surface area contributed by atoms with Crippen LogP contribution < -0.4 is 5.32 Å². The highest BCUT2D eigenvalue weighted by Gasteiger charge is 2.39. The predicted octanol–water partition coefficient (Wildman–Crippen LogP) is 2.48. The number of carbonyl (C=O) groups is 2. The molecule has 1 amide bonds. The van der Waals surface area contributed by atoms with Crippen LogP contribution in [-0.4, -0.2) is 40.7 Å². The number of thiazole rings is 1. The number of aliphatic carboxylic acids is 1. The first kappa shape index (κ1) is 16.6. The molecule has 0 radical (unpaired) electrons. The van der Waals surface area contributed by atoms with Gasteiger partial charge in [-0.25, -0.2) is 4.98 Å².